The fourth-order valence-corrected chi connectivity index (χ4v) is 2.23. The fraction of sp³-hybridized carbons (Fsp3) is 1.00. The smallest absolute Gasteiger partial charge is 0.0193 e. The number of nitrogens with zero attached hydrogens (tertiary/aromatic N) is 1. The van der Waals surface area contributed by atoms with E-state index in [1.165, 1.54) is 32.4 Å². The minimum absolute atomic E-state index is 0.366. The molecule has 1 heterocycles. The summed E-state index contributed by atoms with van der Waals surface area (Å²) in [7, 11) is 0. The number of hydrogen-bond acceptors (Lipinski definition) is 2. The molecule has 0 amide bonds. The molecule has 2 N–H and O–H groups in total. The molecule has 2 heteroatoms. The molecule has 0 bridgehead atoms. The van der Waals surface area contributed by atoms with Crippen LogP contribution in [0.2, 0.25) is 0 Å². The van der Waals surface area contributed by atoms with Gasteiger partial charge in [0.2, 0.25) is 0 Å². The molecule has 1 rings (SSSR count). The zero-order valence-corrected chi connectivity index (χ0v) is 10.00. The quantitative estimate of drug-likeness (QED) is 0.749. The second-order valence-electron chi connectivity index (χ2n) is 5.06. The molecule has 3 unspecified atom stereocenters. The third-order valence-corrected chi connectivity index (χ3v) is 3.59. The number of likely N-dealkylation sites (tertiary alicyclic amines) is 1. The van der Waals surface area contributed by atoms with Gasteiger partial charge in [-0.3, -0.25) is 0 Å². The Kier molecular flexibility index (Phi) is 4.90. The third kappa shape index (κ3) is 3.58. The van der Waals surface area contributed by atoms with Gasteiger partial charge in [-0.2, -0.15) is 0 Å². The Labute approximate surface area is 88.8 Å². The standard InChI is InChI=1S/C12H26N2/c1-4-11(3)12(13)9-14-7-5-6-10(2)8-14/h10-12H,4-9,13H2,1-3H3. The Bertz CT molecular complexity index is 158. The first-order valence-electron chi connectivity index (χ1n) is 6.11. The van der Waals surface area contributed by atoms with E-state index < -0.39 is 0 Å². The van der Waals surface area contributed by atoms with Crippen molar-refractivity contribution in [1.29, 1.82) is 0 Å². The van der Waals surface area contributed by atoms with Crippen molar-refractivity contribution in [1.82, 2.24) is 4.90 Å². The van der Waals surface area contributed by atoms with Crippen molar-refractivity contribution in [3.05, 3.63) is 0 Å². The Morgan fingerprint density at radius 3 is 2.79 bits per heavy atom. The van der Waals surface area contributed by atoms with Crippen LogP contribution in [0.5, 0.6) is 0 Å². The van der Waals surface area contributed by atoms with E-state index >= 15 is 0 Å². The molecule has 0 aromatic carbocycles. The summed E-state index contributed by atoms with van der Waals surface area (Å²) >= 11 is 0. The highest BCUT2D eigenvalue weighted by Crippen LogP contribution is 2.16. The minimum atomic E-state index is 0.366. The van der Waals surface area contributed by atoms with Gasteiger partial charge in [-0.05, 0) is 31.2 Å². The van der Waals surface area contributed by atoms with Crippen molar-refractivity contribution in [2.24, 2.45) is 17.6 Å². The lowest BCUT2D eigenvalue weighted by Gasteiger charge is -2.34. The summed E-state index contributed by atoms with van der Waals surface area (Å²) in [6, 6.07) is 0.366. The lowest BCUT2D eigenvalue weighted by Crippen LogP contribution is -2.45. The van der Waals surface area contributed by atoms with Crippen LogP contribution in [0.1, 0.15) is 40.0 Å². The van der Waals surface area contributed by atoms with E-state index in [4.69, 9.17) is 5.73 Å². The highest BCUT2D eigenvalue weighted by atomic mass is 15.1. The van der Waals surface area contributed by atoms with Crippen LogP contribution < -0.4 is 5.73 Å². The van der Waals surface area contributed by atoms with Crippen LogP contribution in [0.25, 0.3) is 0 Å². The topological polar surface area (TPSA) is 29.3 Å². The maximum absolute atomic E-state index is 6.16. The molecule has 1 aliphatic rings. The molecule has 0 saturated carbocycles. The maximum atomic E-state index is 6.16. The zero-order chi connectivity index (χ0) is 10.6. The van der Waals surface area contributed by atoms with Crippen LogP contribution in [-0.2, 0) is 0 Å². The first kappa shape index (κ1) is 12.0. The molecular weight excluding hydrogens is 172 g/mol. The molecule has 1 saturated heterocycles. The summed E-state index contributed by atoms with van der Waals surface area (Å²) in [5.74, 6) is 1.53. The monoisotopic (exact) mass is 198 g/mol. The molecule has 0 spiro atoms. The Morgan fingerprint density at radius 1 is 1.50 bits per heavy atom. The largest absolute Gasteiger partial charge is 0.326 e. The molecule has 2 nitrogen and oxygen atoms in total. The van der Waals surface area contributed by atoms with E-state index in [1.54, 1.807) is 0 Å². The highest BCUT2D eigenvalue weighted by molar-refractivity contribution is 4.77. The van der Waals surface area contributed by atoms with Crippen LogP contribution in [0.15, 0.2) is 0 Å². The van der Waals surface area contributed by atoms with Crippen molar-refractivity contribution in [2.45, 2.75) is 46.1 Å². The van der Waals surface area contributed by atoms with Crippen molar-refractivity contribution in [3.63, 3.8) is 0 Å². The van der Waals surface area contributed by atoms with Gasteiger partial charge in [-0.25, -0.2) is 0 Å². The van der Waals surface area contributed by atoms with Crippen LogP contribution in [-0.4, -0.2) is 30.6 Å². The first-order chi connectivity index (χ1) is 6.63. The van der Waals surface area contributed by atoms with Gasteiger partial charge in [0.25, 0.3) is 0 Å². The van der Waals surface area contributed by atoms with Crippen LogP contribution in [0.4, 0.5) is 0 Å². The van der Waals surface area contributed by atoms with Crippen LogP contribution >= 0.6 is 0 Å². The molecule has 1 aliphatic heterocycles. The average Bonchev–Trinajstić information content (AvgIpc) is 2.16. The average molecular weight is 198 g/mol. The molecule has 14 heavy (non-hydrogen) atoms. The molecule has 0 radical (unpaired) electrons. The Hall–Kier alpha value is -0.0800. The lowest BCUT2D eigenvalue weighted by atomic mass is 9.96. The molecular formula is C12H26N2. The highest BCUT2D eigenvalue weighted by Gasteiger charge is 2.20. The van der Waals surface area contributed by atoms with Crippen molar-refractivity contribution < 1.29 is 0 Å². The molecule has 0 aromatic heterocycles. The third-order valence-electron chi connectivity index (χ3n) is 3.59. The van der Waals surface area contributed by atoms with Gasteiger partial charge in [0.15, 0.2) is 0 Å². The van der Waals surface area contributed by atoms with Crippen molar-refractivity contribution in [3.8, 4) is 0 Å². The van der Waals surface area contributed by atoms with Crippen molar-refractivity contribution >= 4 is 0 Å². The van der Waals surface area contributed by atoms with Gasteiger partial charge in [-0.1, -0.05) is 27.2 Å². The molecule has 0 aromatic rings. The van der Waals surface area contributed by atoms with E-state index in [1.807, 2.05) is 0 Å². The SMILES string of the molecule is CCC(C)C(N)CN1CCCC(C)C1. The van der Waals surface area contributed by atoms with Crippen molar-refractivity contribution in [2.75, 3.05) is 19.6 Å². The first-order valence-corrected chi connectivity index (χ1v) is 6.11. The summed E-state index contributed by atoms with van der Waals surface area (Å²) in [4.78, 5) is 2.55. The summed E-state index contributed by atoms with van der Waals surface area (Å²) < 4.78 is 0. The molecule has 1 fully saturated rings. The van der Waals surface area contributed by atoms with E-state index in [2.05, 4.69) is 25.7 Å². The van der Waals surface area contributed by atoms with E-state index in [-0.39, 0.29) is 0 Å². The van der Waals surface area contributed by atoms with Crippen LogP contribution in [0, 0.1) is 11.8 Å². The van der Waals surface area contributed by atoms with E-state index in [9.17, 15) is 0 Å². The van der Waals surface area contributed by atoms with Gasteiger partial charge in [0, 0.05) is 19.1 Å². The number of piperidine rings is 1. The lowest BCUT2D eigenvalue weighted by molar-refractivity contribution is 0.162. The molecule has 0 aliphatic carbocycles. The Morgan fingerprint density at radius 2 is 2.21 bits per heavy atom. The predicted molar refractivity (Wildman–Crippen MR) is 62.3 cm³/mol. The van der Waals surface area contributed by atoms with Crippen LogP contribution in [0.3, 0.4) is 0 Å². The zero-order valence-electron chi connectivity index (χ0n) is 10.00. The maximum Gasteiger partial charge on any atom is 0.0193 e. The molecule has 3 atom stereocenters. The number of nitrogens with two attached hydrogens (primary N) is 1. The minimum Gasteiger partial charge on any atom is -0.326 e. The van der Waals surface area contributed by atoms with Gasteiger partial charge in [-0.15, -0.1) is 0 Å². The summed E-state index contributed by atoms with van der Waals surface area (Å²) in [6.45, 7) is 10.4. The summed E-state index contributed by atoms with van der Waals surface area (Å²) in [5.41, 5.74) is 6.16. The van der Waals surface area contributed by atoms with Gasteiger partial charge < -0.3 is 10.6 Å². The van der Waals surface area contributed by atoms with E-state index in [0.717, 1.165) is 12.5 Å². The second kappa shape index (κ2) is 5.72. The van der Waals surface area contributed by atoms with E-state index in [0.29, 0.717) is 12.0 Å². The Balaban J connectivity index is 2.28. The van der Waals surface area contributed by atoms with Gasteiger partial charge in [0.1, 0.15) is 0 Å². The predicted octanol–water partition coefficient (Wildman–Crippen LogP) is 2.09. The summed E-state index contributed by atoms with van der Waals surface area (Å²) in [6.07, 6.45) is 3.95. The number of hydrogen-bond donors (Lipinski definition) is 1. The second-order valence-corrected chi connectivity index (χ2v) is 5.06. The summed E-state index contributed by atoms with van der Waals surface area (Å²) in [5, 5.41) is 0. The normalized spacial score (nSPS) is 28.7. The molecule has 84 valence electrons. The van der Waals surface area contributed by atoms with Gasteiger partial charge in [0.05, 0.1) is 0 Å². The van der Waals surface area contributed by atoms with Gasteiger partial charge >= 0.3 is 0 Å². The number of rotatable bonds is 4. The fourth-order valence-electron chi connectivity index (χ4n) is 2.23.